The quantitative estimate of drug-likeness (QED) is 0.485. The summed E-state index contributed by atoms with van der Waals surface area (Å²) < 4.78 is 6.39. The summed E-state index contributed by atoms with van der Waals surface area (Å²) in [5.74, 6) is -0.573. The number of nitrogens with zero attached hydrogens (tertiary/aromatic N) is 1. The molecule has 0 bridgehead atoms. The fraction of sp³-hybridized carbons (Fsp3) is 0.150. The van der Waals surface area contributed by atoms with Crippen molar-refractivity contribution in [1.29, 1.82) is 0 Å². The number of hydrogen-bond donors (Lipinski definition) is 2. The molecule has 0 aliphatic carbocycles. The Kier molecular flexibility index (Phi) is 6.56. The average Bonchev–Trinajstić information content (AvgIpc) is 2.93. The van der Waals surface area contributed by atoms with E-state index in [0.29, 0.717) is 28.6 Å². The van der Waals surface area contributed by atoms with Crippen LogP contribution in [0.1, 0.15) is 12.5 Å². The Labute approximate surface area is 180 Å². The lowest BCUT2D eigenvalue weighted by Crippen LogP contribution is -2.38. The number of rotatable bonds is 6. The second kappa shape index (κ2) is 9.11. The van der Waals surface area contributed by atoms with Crippen LogP contribution < -0.4 is 15.4 Å². The van der Waals surface area contributed by atoms with E-state index < -0.39 is 24.4 Å². The smallest absolute Gasteiger partial charge is 0.329 e. The Bertz CT molecular complexity index is 992. The fourth-order valence-electron chi connectivity index (χ4n) is 2.67. The molecule has 9 heteroatoms. The van der Waals surface area contributed by atoms with Crippen LogP contribution in [-0.2, 0) is 9.59 Å². The first-order valence-corrected chi connectivity index (χ1v) is 9.86. The zero-order valence-electron chi connectivity index (χ0n) is 15.4. The molecule has 1 saturated heterocycles. The van der Waals surface area contributed by atoms with E-state index in [0.717, 1.165) is 9.37 Å². The van der Waals surface area contributed by atoms with Crippen LogP contribution in [0.4, 0.5) is 10.5 Å². The van der Waals surface area contributed by atoms with E-state index in [9.17, 15) is 14.4 Å². The molecule has 0 aromatic heterocycles. The van der Waals surface area contributed by atoms with Crippen molar-refractivity contribution in [2.45, 2.75) is 6.92 Å². The lowest BCUT2D eigenvalue weighted by atomic mass is 10.1. The molecule has 1 heterocycles. The number of halogens is 2. The third-order valence-electron chi connectivity index (χ3n) is 3.96. The number of imide groups is 1. The largest absolute Gasteiger partial charge is 0.493 e. The van der Waals surface area contributed by atoms with Crippen LogP contribution >= 0.6 is 27.5 Å². The van der Waals surface area contributed by atoms with Gasteiger partial charge in [-0.2, -0.15) is 0 Å². The zero-order valence-corrected chi connectivity index (χ0v) is 17.7. The maximum atomic E-state index is 12.6. The predicted molar refractivity (Wildman–Crippen MR) is 114 cm³/mol. The van der Waals surface area contributed by atoms with Gasteiger partial charge in [-0.25, -0.2) is 9.69 Å². The number of benzene rings is 2. The van der Waals surface area contributed by atoms with Crippen molar-refractivity contribution >= 4 is 57.1 Å². The van der Waals surface area contributed by atoms with Gasteiger partial charge in [-0.05, 0) is 55.5 Å². The van der Waals surface area contributed by atoms with Gasteiger partial charge in [0, 0.05) is 20.7 Å². The van der Waals surface area contributed by atoms with Crippen molar-refractivity contribution < 1.29 is 19.1 Å². The zero-order chi connectivity index (χ0) is 21.0. The number of urea groups is 1. The van der Waals surface area contributed by atoms with Gasteiger partial charge in [0.05, 0.1) is 6.61 Å². The minimum atomic E-state index is -0.674. The van der Waals surface area contributed by atoms with Crippen LogP contribution in [0.3, 0.4) is 0 Å². The summed E-state index contributed by atoms with van der Waals surface area (Å²) in [5, 5.41) is 5.59. The molecule has 2 aromatic rings. The molecular weight excluding hydrogens is 462 g/mol. The normalized spacial score (nSPS) is 14.9. The lowest BCUT2D eigenvalue weighted by molar-refractivity contribution is -0.127. The summed E-state index contributed by atoms with van der Waals surface area (Å²) in [6, 6.07) is 11.2. The van der Waals surface area contributed by atoms with Crippen molar-refractivity contribution in [3.8, 4) is 5.75 Å². The molecule has 0 spiro atoms. The summed E-state index contributed by atoms with van der Waals surface area (Å²) in [6.45, 7) is 1.85. The van der Waals surface area contributed by atoms with E-state index in [2.05, 4.69) is 26.6 Å². The highest BCUT2D eigenvalue weighted by Crippen LogP contribution is 2.26. The number of hydrogen-bond acceptors (Lipinski definition) is 4. The molecule has 29 heavy (non-hydrogen) atoms. The summed E-state index contributed by atoms with van der Waals surface area (Å²) >= 11 is 9.34. The fourth-order valence-corrected chi connectivity index (χ4v) is 3.11. The van der Waals surface area contributed by atoms with E-state index in [1.54, 1.807) is 42.5 Å². The molecule has 1 aliphatic rings. The lowest BCUT2D eigenvalue weighted by Gasteiger charge is -2.12. The van der Waals surface area contributed by atoms with Gasteiger partial charge in [0.2, 0.25) is 5.91 Å². The topological polar surface area (TPSA) is 87.7 Å². The van der Waals surface area contributed by atoms with Crippen LogP contribution in [0.2, 0.25) is 5.02 Å². The summed E-state index contributed by atoms with van der Waals surface area (Å²) in [6.07, 6.45) is 1.48. The standard InChI is InChI=1S/C20H17BrClN3O4/c1-2-29-17-8-5-14(22)9-12(17)10-16-19(27)25(20(28)24-16)11-18(26)23-15-6-3-13(21)4-7-15/h3-10H,2,11H2,1H3,(H,23,26)(H,24,28)/b16-10-. The molecular formula is C20H17BrClN3O4. The second-order valence-electron chi connectivity index (χ2n) is 6.05. The van der Waals surface area contributed by atoms with Crippen molar-refractivity contribution in [3.63, 3.8) is 0 Å². The van der Waals surface area contributed by atoms with Crippen molar-refractivity contribution in [3.05, 3.63) is 63.2 Å². The third-order valence-corrected chi connectivity index (χ3v) is 4.73. The van der Waals surface area contributed by atoms with E-state index in [1.165, 1.54) is 6.08 Å². The highest BCUT2D eigenvalue weighted by Gasteiger charge is 2.35. The van der Waals surface area contributed by atoms with Crippen molar-refractivity contribution in [2.24, 2.45) is 0 Å². The summed E-state index contributed by atoms with van der Waals surface area (Å²) in [5.41, 5.74) is 1.14. The Morgan fingerprint density at radius 2 is 1.97 bits per heavy atom. The maximum Gasteiger partial charge on any atom is 0.329 e. The number of carbonyl (C=O) groups is 3. The first-order chi connectivity index (χ1) is 13.9. The monoisotopic (exact) mass is 477 g/mol. The maximum absolute atomic E-state index is 12.6. The van der Waals surface area contributed by atoms with Gasteiger partial charge in [-0.1, -0.05) is 27.5 Å². The SMILES string of the molecule is CCOc1ccc(Cl)cc1/C=C1\NC(=O)N(CC(=O)Nc2ccc(Br)cc2)C1=O. The van der Waals surface area contributed by atoms with Gasteiger partial charge < -0.3 is 15.4 Å². The first-order valence-electron chi connectivity index (χ1n) is 8.69. The van der Waals surface area contributed by atoms with Crippen molar-refractivity contribution in [1.82, 2.24) is 10.2 Å². The molecule has 4 amide bonds. The van der Waals surface area contributed by atoms with Gasteiger partial charge in [-0.3, -0.25) is 9.59 Å². The van der Waals surface area contributed by atoms with Gasteiger partial charge in [-0.15, -0.1) is 0 Å². The number of amides is 4. The summed E-state index contributed by atoms with van der Waals surface area (Å²) in [7, 11) is 0. The number of ether oxygens (including phenoxy) is 1. The minimum absolute atomic E-state index is 0.0367. The van der Waals surface area contributed by atoms with E-state index in [-0.39, 0.29) is 5.70 Å². The van der Waals surface area contributed by atoms with Crippen LogP contribution in [0.15, 0.2) is 52.6 Å². The highest BCUT2D eigenvalue weighted by molar-refractivity contribution is 9.10. The van der Waals surface area contributed by atoms with Gasteiger partial charge >= 0.3 is 6.03 Å². The molecule has 0 unspecified atom stereocenters. The Morgan fingerprint density at radius 3 is 2.66 bits per heavy atom. The number of carbonyl (C=O) groups excluding carboxylic acids is 3. The highest BCUT2D eigenvalue weighted by atomic mass is 79.9. The summed E-state index contributed by atoms with van der Waals surface area (Å²) in [4.78, 5) is 37.9. The molecule has 1 aliphatic heterocycles. The van der Waals surface area contributed by atoms with Crippen LogP contribution in [-0.4, -0.2) is 35.9 Å². The molecule has 0 atom stereocenters. The molecule has 150 valence electrons. The van der Waals surface area contributed by atoms with Crippen LogP contribution in [0.25, 0.3) is 6.08 Å². The molecule has 2 aromatic carbocycles. The Balaban J connectivity index is 1.74. The van der Waals surface area contributed by atoms with E-state index in [1.807, 2.05) is 6.92 Å². The Hall–Kier alpha value is -2.84. The molecule has 1 fully saturated rings. The van der Waals surface area contributed by atoms with Crippen LogP contribution in [0, 0.1) is 0 Å². The third kappa shape index (κ3) is 5.16. The second-order valence-corrected chi connectivity index (χ2v) is 7.40. The van der Waals surface area contributed by atoms with Gasteiger partial charge in [0.15, 0.2) is 0 Å². The first kappa shape index (κ1) is 20.9. The minimum Gasteiger partial charge on any atom is -0.493 e. The van der Waals surface area contributed by atoms with E-state index >= 15 is 0 Å². The molecule has 2 N–H and O–H groups in total. The average molecular weight is 479 g/mol. The number of nitrogens with one attached hydrogen (secondary N) is 2. The number of anilines is 1. The van der Waals surface area contributed by atoms with Crippen molar-refractivity contribution in [2.75, 3.05) is 18.5 Å². The molecule has 0 saturated carbocycles. The molecule has 7 nitrogen and oxygen atoms in total. The van der Waals surface area contributed by atoms with Crippen LogP contribution in [0.5, 0.6) is 5.75 Å². The molecule has 3 rings (SSSR count). The predicted octanol–water partition coefficient (Wildman–Crippen LogP) is 4.03. The van der Waals surface area contributed by atoms with E-state index in [4.69, 9.17) is 16.3 Å². The van der Waals surface area contributed by atoms with Gasteiger partial charge in [0.1, 0.15) is 18.0 Å². The van der Waals surface area contributed by atoms with Gasteiger partial charge in [0.25, 0.3) is 5.91 Å². The molecule has 0 radical (unpaired) electrons. The Morgan fingerprint density at radius 1 is 1.24 bits per heavy atom.